The topological polar surface area (TPSA) is 0 Å². The summed E-state index contributed by atoms with van der Waals surface area (Å²) < 4.78 is 0. The van der Waals surface area contributed by atoms with Crippen LogP contribution in [0.3, 0.4) is 0 Å². The zero-order valence-electron chi connectivity index (χ0n) is 9.61. The van der Waals surface area contributed by atoms with Crippen molar-refractivity contribution in [3.05, 3.63) is 67.1 Å². The smallest absolute Gasteiger partial charge is 0.0471 e. The van der Waals surface area contributed by atoms with Crippen LogP contribution in [0.5, 0.6) is 0 Å². The second kappa shape index (κ2) is 5.71. The van der Waals surface area contributed by atoms with Gasteiger partial charge >= 0.3 is 0 Å². The summed E-state index contributed by atoms with van der Waals surface area (Å²) in [5.74, 6) is 0. The van der Waals surface area contributed by atoms with Gasteiger partial charge in [-0.15, -0.1) is 0 Å². The van der Waals surface area contributed by atoms with Crippen LogP contribution in [0.1, 0.15) is 16.7 Å². The van der Waals surface area contributed by atoms with Gasteiger partial charge in [0.15, 0.2) is 0 Å². The Morgan fingerprint density at radius 1 is 0.833 bits per heavy atom. The average molecular weight is 320 g/mol. The molecule has 2 aromatic rings. The predicted octanol–water partition coefficient (Wildman–Crippen LogP) is 6.20. The van der Waals surface area contributed by atoms with Crippen LogP contribution in [0.15, 0.2) is 30.3 Å². The van der Waals surface area contributed by atoms with Gasteiger partial charge in [0, 0.05) is 26.5 Å². The Hall–Kier alpha value is -0.400. The molecular weight excluding hydrogens is 310 g/mol. The number of halogens is 4. The molecule has 0 saturated heterocycles. The molecule has 18 heavy (non-hydrogen) atoms. The largest absolute Gasteiger partial charge is 0.0843 e. The lowest BCUT2D eigenvalue weighted by atomic mass is 10.0. The van der Waals surface area contributed by atoms with E-state index < -0.39 is 0 Å². The second-order valence-electron chi connectivity index (χ2n) is 4.11. The van der Waals surface area contributed by atoms with Gasteiger partial charge < -0.3 is 0 Å². The highest BCUT2D eigenvalue weighted by Gasteiger charge is 2.09. The molecule has 0 spiro atoms. The van der Waals surface area contributed by atoms with Crippen LogP contribution in [0.4, 0.5) is 0 Å². The van der Waals surface area contributed by atoms with Gasteiger partial charge in [-0.25, -0.2) is 0 Å². The fourth-order valence-corrected chi connectivity index (χ4v) is 2.74. The standard InChI is InChI=1S/C14H10Cl4/c1-8-4-12(16)6-10(14(8)18)5-9-2-3-11(15)7-13(9)17/h2-4,6-7H,5H2,1H3. The van der Waals surface area contributed by atoms with Crippen LogP contribution in [-0.4, -0.2) is 0 Å². The van der Waals surface area contributed by atoms with Crippen molar-refractivity contribution >= 4 is 46.4 Å². The van der Waals surface area contributed by atoms with Crippen LogP contribution in [-0.2, 0) is 6.42 Å². The van der Waals surface area contributed by atoms with Crippen molar-refractivity contribution in [2.45, 2.75) is 13.3 Å². The summed E-state index contributed by atoms with van der Waals surface area (Å²) in [7, 11) is 0. The van der Waals surface area contributed by atoms with Gasteiger partial charge in [-0.1, -0.05) is 52.5 Å². The number of aryl methyl sites for hydroxylation is 1. The van der Waals surface area contributed by atoms with E-state index in [4.69, 9.17) is 46.4 Å². The Bertz CT molecular complexity index is 591. The highest BCUT2D eigenvalue weighted by Crippen LogP contribution is 2.30. The van der Waals surface area contributed by atoms with E-state index in [2.05, 4.69) is 0 Å². The maximum absolute atomic E-state index is 6.27. The average Bonchev–Trinajstić information content (AvgIpc) is 2.29. The lowest BCUT2D eigenvalue weighted by molar-refractivity contribution is 1.18. The molecule has 2 aromatic carbocycles. The van der Waals surface area contributed by atoms with Gasteiger partial charge in [0.1, 0.15) is 0 Å². The number of hydrogen-bond donors (Lipinski definition) is 0. The minimum atomic E-state index is 0.622. The SMILES string of the molecule is Cc1cc(Cl)cc(Cc2ccc(Cl)cc2Cl)c1Cl. The molecule has 0 unspecified atom stereocenters. The first kappa shape index (κ1) is 14.0. The third kappa shape index (κ3) is 3.13. The molecule has 0 aliphatic rings. The molecule has 0 atom stereocenters. The third-order valence-electron chi connectivity index (χ3n) is 2.69. The zero-order chi connectivity index (χ0) is 13.3. The van der Waals surface area contributed by atoms with Gasteiger partial charge in [0.25, 0.3) is 0 Å². The zero-order valence-corrected chi connectivity index (χ0v) is 12.6. The molecule has 0 aliphatic carbocycles. The van der Waals surface area contributed by atoms with E-state index in [-0.39, 0.29) is 0 Å². The highest BCUT2D eigenvalue weighted by atomic mass is 35.5. The quantitative estimate of drug-likeness (QED) is 0.618. The first-order valence-corrected chi connectivity index (χ1v) is 6.87. The molecule has 0 aromatic heterocycles. The summed E-state index contributed by atoms with van der Waals surface area (Å²) in [5.41, 5.74) is 2.90. The summed E-state index contributed by atoms with van der Waals surface area (Å²) >= 11 is 24.3. The predicted molar refractivity (Wildman–Crippen MR) is 80.5 cm³/mol. The summed E-state index contributed by atoms with van der Waals surface area (Å²) in [6, 6.07) is 9.15. The fourth-order valence-electron chi connectivity index (χ4n) is 1.79. The molecule has 0 amide bonds. The lowest BCUT2D eigenvalue weighted by Gasteiger charge is -2.09. The lowest BCUT2D eigenvalue weighted by Crippen LogP contribution is -1.93. The molecule has 0 bridgehead atoms. The Kier molecular flexibility index (Phi) is 4.45. The molecule has 4 heteroatoms. The van der Waals surface area contributed by atoms with E-state index in [1.54, 1.807) is 6.07 Å². The van der Waals surface area contributed by atoms with E-state index >= 15 is 0 Å². The molecule has 0 N–H and O–H groups in total. The van der Waals surface area contributed by atoms with Crippen molar-refractivity contribution in [3.63, 3.8) is 0 Å². The minimum absolute atomic E-state index is 0.622. The molecule has 0 aliphatic heterocycles. The Morgan fingerprint density at radius 2 is 1.56 bits per heavy atom. The van der Waals surface area contributed by atoms with Crippen molar-refractivity contribution in [1.29, 1.82) is 0 Å². The van der Waals surface area contributed by atoms with Crippen molar-refractivity contribution in [3.8, 4) is 0 Å². The molecule has 94 valence electrons. The normalized spacial score (nSPS) is 10.7. The summed E-state index contributed by atoms with van der Waals surface area (Å²) in [4.78, 5) is 0. The molecule has 0 radical (unpaired) electrons. The fraction of sp³-hybridized carbons (Fsp3) is 0.143. The minimum Gasteiger partial charge on any atom is -0.0843 e. The van der Waals surface area contributed by atoms with Gasteiger partial charge in [-0.2, -0.15) is 0 Å². The van der Waals surface area contributed by atoms with Crippen molar-refractivity contribution < 1.29 is 0 Å². The van der Waals surface area contributed by atoms with E-state index in [0.717, 1.165) is 21.7 Å². The third-order valence-corrected chi connectivity index (χ3v) is 4.04. The highest BCUT2D eigenvalue weighted by molar-refractivity contribution is 6.35. The Morgan fingerprint density at radius 3 is 2.22 bits per heavy atom. The monoisotopic (exact) mass is 318 g/mol. The first-order valence-electron chi connectivity index (χ1n) is 5.36. The van der Waals surface area contributed by atoms with Crippen molar-refractivity contribution in [2.75, 3.05) is 0 Å². The van der Waals surface area contributed by atoms with Crippen LogP contribution in [0.25, 0.3) is 0 Å². The van der Waals surface area contributed by atoms with Crippen LogP contribution in [0.2, 0.25) is 20.1 Å². The van der Waals surface area contributed by atoms with Crippen LogP contribution in [0, 0.1) is 6.92 Å². The summed E-state index contributed by atoms with van der Waals surface area (Å²) in [6.45, 7) is 1.93. The number of benzene rings is 2. The van der Waals surface area contributed by atoms with Gasteiger partial charge in [-0.3, -0.25) is 0 Å². The molecule has 2 rings (SSSR count). The number of hydrogen-bond acceptors (Lipinski definition) is 0. The molecule has 0 fully saturated rings. The summed E-state index contributed by atoms with van der Waals surface area (Å²) in [6.07, 6.45) is 0.635. The Balaban J connectivity index is 2.40. The molecular formula is C14H10Cl4. The second-order valence-corrected chi connectivity index (χ2v) is 5.77. The van der Waals surface area contributed by atoms with E-state index in [1.807, 2.05) is 31.2 Å². The van der Waals surface area contributed by atoms with Gasteiger partial charge in [0.2, 0.25) is 0 Å². The first-order chi connectivity index (χ1) is 8.47. The van der Waals surface area contributed by atoms with Crippen molar-refractivity contribution in [2.24, 2.45) is 0 Å². The van der Waals surface area contributed by atoms with Crippen LogP contribution < -0.4 is 0 Å². The number of rotatable bonds is 2. The molecule has 0 saturated carbocycles. The maximum Gasteiger partial charge on any atom is 0.0471 e. The van der Waals surface area contributed by atoms with Crippen molar-refractivity contribution in [1.82, 2.24) is 0 Å². The van der Waals surface area contributed by atoms with E-state index in [0.29, 0.717) is 21.5 Å². The molecule has 0 heterocycles. The van der Waals surface area contributed by atoms with Crippen LogP contribution >= 0.6 is 46.4 Å². The summed E-state index contributed by atoms with van der Waals surface area (Å²) in [5, 5.41) is 2.66. The molecule has 0 nitrogen and oxygen atoms in total. The Labute approximate surface area is 126 Å². The van der Waals surface area contributed by atoms with Gasteiger partial charge in [-0.05, 0) is 47.9 Å². The van der Waals surface area contributed by atoms with E-state index in [1.165, 1.54) is 0 Å². The van der Waals surface area contributed by atoms with E-state index in [9.17, 15) is 0 Å². The maximum atomic E-state index is 6.27. The van der Waals surface area contributed by atoms with Gasteiger partial charge in [0.05, 0.1) is 0 Å².